The van der Waals surface area contributed by atoms with Crippen LogP contribution in [0.4, 0.5) is 5.69 Å². The second-order valence-electron chi connectivity index (χ2n) is 5.29. The van der Waals surface area contributed by atoms with Crippen molar-refractivity contribution in [3.8, 4) is 0 Å². The standard InChI is InChI=1S/C17H21NO/c1-11(2)13-7-9-14(10-8-13)17(19)15-5-4-6-16(18)12(15)3/h4-11,17,19H,18H2,1-3H3. The maximum atomic E-state index is 10.5. The SMILES string of the molecule is Cc1c(N)cccc1C(O)c1ccc(C(C)C)cc1. The maximum absolute atomic E-state index is 10.5. The largest absolute Gasteiger partial charge is 0.399 e. The lowest BCUT2D eigenvalue weighted by atomic mass is 9.94. The van der Waals surface area contributed by atoms with Crippen LogP contribution in [0.3, 0.4) is 0 Å². The molecule has 0 aromatic heterocycles. The molecule has 0 spiro atoms. The van der Waals surface area contributed by atoms with Crippen LogP contribution in [-0.2, 0) is 0 Å². The van der Waals surface area contributed by atoms with Gasteiger partial charge in [0, 0.05) is 5.69 Å². The normalized spacial score (nSPS) is 12.7. The van der Waals surface area contributed by atoms with Gasteiger partial charge in [0.2, 0.25) is 0 Å². The Morgan fingerprint density at radius 2 is 1.53 bits per heavy atom. The van der Waals surface area contributed by atoms with Crippen molar-refractivity contribution in [3.05, 3.63) is 64.7 Å². The number of anilines is 1. The van der Waals surface area contributed by atoms with E-state index in [-0.39, 0.29) is 0 Å². The van der Waals surface area contributed by atoms with Gasteiger partial charge in [-0.3, -0.25) is 0 Å². The van der Waals surface area contributed by atoms with Crippen molar-refractivity contribution in [2.24, 2.45) is 0 Å². The Bertz CT molecular complexity index is 558. The first kappa shape index (κ1) is 13.6. The zero-order valence-corrected chi connectivity index (χ0v) is 11.7. The topological polar surface area (TPSA) is 46.2 Å². The van der Waals surface area contributed by atoms with Crippen molar-refractivity contribution in [1.29, 1.82) is 0 Å². The van der Waals surface area contributed by atoms with Gasteiger partial charge in [0.15, 0.2) is 0 Å². The predicted molar refractivity (Wildman–Crippen MR) is 80.2 cm³/mol. The van der Waals surface area contributed by atoms with Crippen LogP contribution >= 0.6 is 0 Å². The van der Waals surface area contributed by atoms with Crippen LogP contribution in [0, 0.1) is 6.92 Å². The van der Waals surface area contributed by atoms with E-state index in [0.717, 1.165) is 22.4 Å². The minimum absolute atomic E-state index is 0.500. The maximum Gasteiger partial charge on any atom is 0.104 e. The monoisotopic (exact) mass is 255 g/mol. The molecule has 19 heavy (non-hydrogen) atoms. The summed E-state index contributed by atoms with van der Waals surface area (Å²) in [6, 6.07) is 13.8. The van der Waals surface area contributed by atoms with Crippen LogP contribution in [0.15, 0.2) is 42.5 Å². The van der Waals surface area contributed by atoms with Gasteiger partial charge in [-0.05, 0) is 41.2 Å². The van der Waals surface area contributed by atoms with Gasteiger partial charge in [-0.1, -0.05) is 50.2 Å². The summed E-state index contributed by atoms with van der Waals surface area (Å²) in [4.78, 5) is 0. The summed E-state index contributed by atoms with van der Waals surface area (Å²) >= 11 is 0. The van der Waals surface area contributed by atoms with E-state index in [4.69, 9.17) is 5.73 Å². The third kappa shape index (κ3) is 2.79. The van der Waals surface area contributed by atoms with Crippen molar-refractivity contribution >= 4 is 5.69 Å². The van der Waals surface area contributed by atoms with E-state index in [1.54, 1.807) is 0 Å². The Kier molecular flexibility index (Phi) is 3.91. The number of rotatable bonds is 3. The van der Waals surface area contributed by atoms with E-state index in [1.165, 1.54) is 5.56 Å². The second-order valence-corrected chi connectivity index (χ2v) is 5.29. The Hall–Kier alpha value is -1.80. The van der Waals surface area contributed by atoms with E-state index in [1.807, 2.05) is 37.3 Å². The lowest BCUT2D eigenvalue weighted by Crippen LogP contribution is -2.04. The van der Waals surface area contributed by atoms with Crippen LogP contribution in [0.5, 0.6) is 0 Å². The Morgan fingerprint density at radius 1 is 0.947 bits per heavy atom. The van der Waals surface area contributed by atoms with Gasteiger partial charge in [0.25, 0.3) is 0 Å². The number of aliphatic hydroxyl groups is 1. The molecule has 2 nitrogen and oxygen atoms in total. The van der Waals surface area contributed by atoms with Crippen LogP contribution in [0.1, 0.15) is 48.1 Å². The van der Waals surface area contributed by atoms with Gasteiger partial charge in [-0.25, -0.2) is 0 Å². The quantitative estimate of drug-likeness (QED) is 0.820. The molecule has 2 heteroatoms. The fourth-order valence-corrected chi connectivity index (χ4v) is 2.21. The van der Waals surface area contributed by atoms with Crippen molar-refractivity contribution in [2.45, 2.75) is 32.8 Å². The third-order valence-electron chi connectivity index (χ3n) is 3.63. The molecule has 2 aromatic rings. The van der Waals surface area contributed by atoms with Gasteiger partial charge in [-0.2, -0.15) is 0 Å². The fourth-order valence-electron chi connectivity index (χ4n) is 2.21. The van der Waals surface area contributed by atoms with Gasteiger partial charge < -0.3 is 10.8 Å². The molecule has 2 rings (SSSR count). The summed E-state index contributed by atoms with van der Waals surface area (Å²) in [7, 11) is 0. The molecule has 1 atom stereocenters. The molecule has 0 saturated carbocycles. The van der Waals surface area contributed by atoms with E-state index in [2.05, 4.69) is 26.0 Å². The lowest BCUT2D eigenvalue weighted by Gasteiger charge is -2.16. The second kappa shape index (κ2) is 5.45. The van der Waals surface area contributed by atoms with Crippen molar-refractivity contribution in [2.75, 3.05) is 5.73 Å². The molecule has 0 aliphatic carbocycles. The average Bonchev–Trinajstić information content (AvgIpc) is 2.41. The highest BCUT2D eigenvalue weighted by Gasteiger charge is 2.14. The highest BCUT2D eigenvalue weighted by molar-refractivity contribution is 5.52. The smallest absolute Gasteiger partial charge is 0.104 e. The number of hydrogen-bond acceptors (Lipinski definition) is 2. The third-order valence-corrected chi connectivity index (χ3v) is 3.63. The van der Waals surface area contributed by atoms with Crippen LogP contribution in [0.2, 0.25) is 0 Å². The fraction of sp³-hybridized carbons (Fsp3) is 0.294. The molecule has 0 amide bonds. The molecular weight excluding hydrogens is 234 g/mol. The summed E-state index contributed by atoms with van der Waals surface area (Å²) in [5, 5.41) is 10.5. The van der Waals surface area contributed by atoms with E-state index < -0.39 is 6.10 Å². The first-order chi connectivity index (χ1) is 9.00. The zero-order chi connectivity index (χ0) is 14.0. The molecule has 0 fully saturated rings. The summed E-state index contributed by atoms with van der Waals surface area (Å²) in [5.41, 5.74) is 10.6. The lowest BCUT2D eigenvalue weighted by molar-refractivity contribution is 0.219. The highest BCUT2D eigenvalue weighted by Crippen LogP contribution is 2.28. The first-order valence-corrected chi connectivity index (χ1v) is 6.63. The number of benzene rings is 2. The molecule has 0 saturated heterocycles. The van der Waals surface area contributed by atoms with Gasteiger partial charge in [0.05, 0.1) is 0 Å². The van der Waals surface area contributed by atoms with E-state index in [0.29, 0.717) is 5.92 Å². The minimum Gasteiger partial charge on any atom is -0.399 e. The molecule has 0 aliphatic rings. The number of hydrogen-bond donors (Lipinski definition) is 2. The predicted octanol–water partition coefficient (Wildman–Crippen LogP) is 3.78. The molecule has 0 radical (unpaired) electrons. The summed E-state index contributed by atoms with van der Waals surface area (Å²) in [6.07, 6.45) is -0.621. The van der Waals surface area contributed by atoms with Crippen LogP contribution in [-0.4, -0.2) is 5.11 Å². The summed E-state index contributed by atoms with van der Waals surface area (Å²) in [6.45, 7) is 6.26. The molecule has 3 N–H and O–H groups in total. The average molecular weight is 255 g/mol. The molecule has 0 aliphatic heterocycles. The van der Waals surface area contributed by atoms with Crippen LogP contribution < -0.4 is 5.73 Å². The summed E-state index contributed by atoms with van der Waals surface area (Å²) in [5.74, 6) is 0.500. The number of nitrogen functional groups attached to an aromatic ring is 1. The Balaban J connectivity index is 2.33. The molecule has 100 valence electrons. The van der Waals surface area contributed by atoms with Crippen molar-refractivity contribution in [3.63, 3.8) is 0 Å². The van der Waals surface area contributed by atoms with Gasteiger partial charge >= 0.3 is 0 Å². The molecule has 0 heterocycles. The Morgan fingerprint density at radius 3 is 2.11 bits per heavy atom. The number of nitrogens with two attached hydrogens (primary N) is 1. The van der Waals surface area contributed by atoms with E-state index >= 15 is 0 Å². The molecule has 2 aromatic carbocycles. The van der Waals surface area contributed by atoms with Crippen molar-refractivity contribution in [1.82, 2.24) is 0 Å². The molecule has 1 unspecified atom stereocenters. The number of aliphatic hydroxyl groups excluding tert-OH is 1. The van der Waals surface area contributed by atoms with Crippen LogP contribution in [0.25, 0.3) is 0 Å². The molecular formula is C17H21NO. The highest BCUT2D eigenvalue weighted by atomic mass is 16.3. The minimum atomic E-state index is -0.621. The van der Waals surface area contributed by atoms with E-state index in [9.17, 15) is 5.11 Å². The van der Waals surface area contributed by atoms with Gasteiger partial charge in [0.1, 0.15) is 6.10 Å². The van der Waals surface area contributed by atoms with Crippen molar-refractivity contribution < 1.29 is 5.11 Å². The zero-order valence-electron chi connectivity index (χ0n) is 11.7. The molecule has 0 bridgehead atoms. The van der Waals surface area contributed by atoms with Gasteiger partial charge in [-0.15, -0.1) is 0 Å². The Labute approximate surface area is 114 Å². The summed E-state index contributed by atoms with van der Waals surface area (Å²) < 4.78 is 0. The first-order valence-electron chi connectivity index (χ1n) is 6.63.